The first-order valence-corrected chi connectivity index (χ1v) is 12.5. The molecule has 0 atom stereocenters. The van der Waals surface area contributed by atoms with Crippen molar-refractivity contribution in [2.75, 3.05) is 32.8 Å². The maximum absolute atomic E-state index is 12.9. The average Bonchev–Trinajstić information content (AvgIpc) is 2.83. The van der Waals surface area contributed by atoms with Crippen LogP contribution in [0.15, 0.2) is 47.5 Å². The van der Waals surface area contributed by atoms with Gasteiger partial charge in [-0.05, 0) is 36.8 Å². The van der Waals surface area contributed by atoms with Crippen LogP contribution in [0, 0.1) is 0 Å². The van der Waals surface area contributed by atoms with Crippen molar-refractivity contribution >= 4 is 21.8 Å². The Morgan fingerprint density at radius 2 is 1.79 bits per heavy atom. The average molecular weight is 475 g/mol. The summed E-state index contributed by atoms with van der Waals surface area (Å²) in [6, 6.07) is 9.49. The van der Waals surface area contributed by atoms with Crippen LogP contribution in [0.5, 0.6) is 5.88 Å². The Morgan fingerprint density at radius 3 is 2.42 bits per heavy atom. The van der Waals surface area contributed by atoms with Gasteiger partial charge < -0.3 is 15.0 Å². The summed E-state index contributed by atoms with van der Waals surface area (Å²) in [7, 11) is -3.69. The van der Waals surface area contributed by atoms with Crippen molar-refractivity contribution in [3.63, 3.8) is 0 Å². The first-order valence-electron chi connectivity index (χ1n) is 11.0. The Kier molecular flexibility index (Phi) is 8.40. The number of hydrogen-bond donors (Lipinski definition) is 1. The van der Waals surface area contributed by atoms with Gasteiger partial charge in [0.1, 0.15) is 0 Å². The number of carbonyl (C=O) groups is 2. The van der Waals surface area contributed by atoms with Gasteiger partial charge in [-0.1, -0.05) is 19.4 Å². The van der Waals surface area contributed by atoms with Gasteiger partial charge in [-0.15, -0.1) is 0 Å². The third-order valence-electron chi connectivity index (χ3n) is 5.46. The number of aromatic nitrogens is 1. The Morgan fingerprint density at radius 1 is 1.09 bits per heavy atom. The molecule has 178 valence electrons. The van der Waals surface area contributed by atoms with Crippen LogP contribution in [0.4, 0.5) is 0 Å². The Hall–Kier alpha value is -2.98. The Labute approximate surface area is 194 Å². The van der Waals surface area contributed by atoms with E-state index in [0.717, 1.165) is 18.4 Å². The van der Waals surface area contributed by atoms with Crippen LogP contribution in [0.1, 0.15) is 42.6 Å². The van der Waals surface area contributed by atoms with Crippen molar-refractivity contribution in [3.8, 4) is 5.88 Å². The standard InChI is InChI=1S/C23H30N4O5S/c1-3-4-16-32-23-20(6-5-11-24-23)17-25-22(29)19-7-9-21(10-8-19)33(30,31)27-14-12-26(13-15-27)18(2)28/h5-11H,3-4,12-17H2,1-2H3,(H,25,29). The van der Waals surface area contributed by atoms with Crippen LogP contribution in [-0.4, -0.2) is 67.2 Å². The van der Waals surface area contributed by atoms with Crippen LogP contribution in [-0.2, 0) is 21.4 Å². The van der Waals surface area contributed by atoms with Crippen molar-refractivity contribution in [2.45, 2.75) is 38.1 Å². The van der Waals surface area contributed by atoms with Crippen LogP contribution in [0.25, 0.3) is 0 Å². The van der Waals surface area contributed by atoms with E-state index < -0.39 is 10.0 Å². The molecule has 1 aliphatic rings. The molecule has 1 aliphatic heterocycles. The zero-order chi connectivity index (χ0) is 23.8. The lowest BCUT2D eigenvalue weighted by Crippen LogP contribution is -2.49. The number of piperazine rings is 1. The molecule has 1 aromatic heterocycles. The molecule has 0 spiro atoms. The van der Waals surface area contributed by atoms with Crippen molar-refractivity contribution < 1.29 is 22.7 Å². The number of unbranched alkanes of at least 4 members (excludes halogenated alkanes) is 1. The largest absolute Gasteiger partial charge is 0.477 e. The molecular weight excluding hydrogens is 444 g/mol. The van der Waals surface area contributed by atoms with Crippen LogP contribution >= 0.6 is 0 Å². The highest BCUT2D eigenvalue weighted by atomic mass is 32.2. The Bertz CT molecular complexity index is 1060. The minimum Gasteiger partial charge on any atom is -0.477 e. The van der Waals surface area contributed by atoms with Gasteiger partial charge in [-0.2, -0.15) is 4.31 Å². The fraction of sp³-hybridized carbons (Fsp3) is 0.435. The summed E-state index contributed by atoms with van der Waals surface area (Å²) >= 11 is 0. The molecule has 2 aromatic rings. The summed E-state index contributed by atoms with van der Waals surface area (Å²) in [5.74, 6) is 0.114. The van der Waals surface area contributed by atoms with Gasteiger partial charge in [0.2, 0.25) is 21.8 Å². The molecule has 10 heteroatoms. The number of pyridine rings is 1. The van der Waals surface area contributed by atoms with E-state index in [4.69, 9.17) is 4.74 Å². The highest BCUT2D eigenvalue weighted by Gasteiger charge is 2.29. The molecule has 0 radical (unpaired) electrons. The lowest BCUT2D eigenvalue weighted by molar-refractivity contribution is -0.129. The van der Waals surface area contributed by atoms with Gasteiger partial charge >= 0.3 is 0 Å². The quantitative estimate of drug-likeness (QED) is 0.557. The van der Waals surface area contributed by atoms with E-state index in [0.29, 0.717) is 31.1 Å². The number of ether oxygens (including phenoxy) is 1. The summed E-state index contributed by atoms with van der Waals surface area (Å²) in [6.45, 7) is 5.59. The van der Waals surface area contributed by atoms with Crippen molar-refractivity contribution in [1.82, 2.24) is 19.5 Å². The SMILES string of the molecule is CCCCOc1ncccc1CNC(=O)c1ccc(S(=O)(=O)N2CCN(C(C)=O)CC2)cc1. The number of hydrogen-bond acceptors (Lipinski definition) is 6. The number of carbonyl (C=O) groups excluding carboxylic acids is 2. The number of benzene rings is 1. The molecule has 1 fully saturated rings. The predicted molar refractivity (Wildman–Crippen MR) is 123 cm³/mol. The zero-order valence-corrected chi connectivity index (χ0v) is 19.8. The van der Waals surface area contributed by atoms with E-state index in [1.165, 1.54) is 35.5 Å². The molecule has 1 saturated heterocycles. The fourth-order valence-corrected chi connectivity index (χ4v) is 4.87. The van der Waals surface area contributed by atoms with Gasteiger partial charge in [-0.3, -0.25) is 9.59 Å². The van der Waals surface area contributed by atoms with Crippen molar-refractivity contribution in [2.24, 2.45) is 0 Å². The summed E-state index contributed by atoms with van der Waals surface area (Å²) < 4.78 is 32.9. The molecule has 0 unspecified atom stereocenters. The minimum atomic E-state index is -3.69. The molecule has 0 bridgehead atoms. The Balaban J connectivity index is 1.60. The van der Waals surface area contributed by atoms with E-state index in [9.17, 15) is 18.0 Å². The van der Waals surface area contributed by atoms with Crippen LogP contribution in [0.3, 0.4) is 0 Å². The van der Waals surface area contributed by atoms with Gasteiger partial charge in [0.25, 0.3) is 5.91 Å². The van der Waals surface area contributed by atoms with E-state index in [2.05, 4.69) is 17.2 Å². The molecular formula is C23H30N4O5S. The predicted octanol–water partition coefficient (Wildman–Crippen LogP) is 2.04. The first-order chi connectivity index (χ1) is 15.8. The normalized spacial score (nSPS) is 14.7. The molecule has 2 amide bonds. The molecule has 0 saturated carbocycles. The van der Waals surface area contributed by atoms with Crippen molar-refractivity contribution in [3.05, 3.63) is 53.7 Å². The molecule has 9 nitrogen and oxygen atoms in total. The van der Waals surface area contributed by atoms with Gasteiger partial charge in [0, 0.05) is 57.0 Å². The van der Waals surface area contributed by atoms with Gasteiger partial charge in [0.15, 0.2) is 0 Å². The monoisotopic (exact) mass is 474 g/mol. The topological polar surface area (TPSA) is 109 Å². The van der Waals surface area contributed by atoms with E-state index in [-0.39, 0.29) is 36.3 Å². The van der Waals surface area contributed by atoms with E-state index in [1.54, 1.807) is 17.2 Å². The third-order valence-corrected chi connectivity index (χ3v) is 7.38. The second-order valence-corrected chi connectivity index (χ2v) is 9.72. The molecule has 2 heterocycles. The summed E-state index contributed by atoms with van der Waals surface area (Å²) in [5, 5.41) is 2.83. The summed E-state index contributed by atoms with van der Waals surface area (Å²) in [4.78, 5) is 30.0. The fourth-order valence-electron chi connectivity index (χ4n) is 3.45. The smallest absolute Gasteiger partial charge is 0.251 e. The van der Waals surface area contributed by atoms with Gasteiger partial charge in [0.05, 0.1) is 11.5 Å². The number of rotatable bonds is 9. The number of nitrogens with one attached hydrogen (secondary N) is 1. The maximum atomic E-state index is 12.9. The van der Waals surface area contributed by atoms with Crippen molar-refractivity contribution in [1.29, 1.82) is 0 Å². The molecule has 1 aromatic carbocycles. The summed E-state index contributed by atoms with van der Waals surface area (Å²) in [5.41, 5.74) is 1.12. The number of amides is 2. The minimum absolute atomic E-state index is 0.0617. The van der Waals surface area contributed by atoms with Gasteiger partial charge in [-0.25, -0.2) is 13.4 Å². The lowest BCUT2D eigenvalue weighted by Gasteiger charge is -2.33. The highest BCUT2D eigenvalue weighted by molar-refractivity contribution is 7.89. The molecule has 3 rings (SSSR count). The van der Waals surface area contributed by atoms with Crippen LogP contribution in [0.2, 0.25) is 0 Å². The molecule has 1 N–H and O–H groups in total. The van der Waals surface area contributed by atoms with E-state index >= 15 is 0 Å². The number of nitrogens with zero attached hydrogens (tertiary/aromatic N) is 3. The van der Waals surface area contributed by atoms with E-state index in [1.807, 2.05) is 6.07 Å². The second-order valence-electron chi connectivity index (χ2n) is 7.79. The third kappa shape index (κ3) is 6.29. The zero-order valence-electron chi connectivity index (χ0n) is 19.0. The number of sulfonamides is 1. The summed E-state index contributed by atoms with van der Waals surface area (Å²) in [6.07, 6.45) is 3.58. The maximum Gasteiger partial charge on any atom is 0.251 e. The molecule has 33 heavy (non-hydrogen) atoms. The molecule has 0 aliphatic carbocycles. The highest BCUT2D eigenvalue weighted by Crippen LogP contribution is 2.19. The second kappa shape index (κ2) is 11.2. The lowest BCUT2D eigenvalue weighted by atomic mass is 10.2. The van der Waals surface area contributed by atoms with Crippen LogP contribution < -0.4 is 10.1 Å². The first kappa shape index (κ1) is 24.7.